The van der Waals surface area contributed by atoms with Crippen molar-refractivity contribution >= 4 is 15.6 Å². The molecule has 120 valence electrons. The Kier molecular flexibility index (Phi) is 3.63. The fraction of sp³-hybridized carbons (Fsp3) is 0.333. The molecule has 0 fully saturated rings. The fourth-order valence-corrected chi connectivity index (χ4v) is 4.05. The topological polar surface area (TPSA) is 90.1 Å². The van der Waals surface area contributed by atoms with Crippen LogP contribution in [-0.4, -0.2) is 33.0 Å². The molecular weight excluding hydrogens is 314 g/mol. The van der Waals surface area contributed by atoms with E-state index in [1.54, 1.807) is 25.1 Å². The minimum absolute atomic E-state index is 0.0857. The summed E-state index contributed by atoms with van der Waals surface area (Å²) in [5.41, 5.74) is 3.71. The van der Waals surface area contributed by atoms with Crippen LogP contribution in [0.15, 0.2) is 23.4 Å². The third-order valence-electron chi connectivity index (χ3n) is 3.62. The average Bonchev–Trinajstić information content (AvgIpc) is 2.86. The standard InChI is InChI=1S/C15H17N5O2S/c1-9-5-6-13(12(4)16-9)8-23(21,22)15-19-18-14-17-10(2)7-11(3)20(14)15/h5-7H,8H2,1-4H3. The molecule has 0 saturated carbocycles. The van der Waals surface area contributed by atoms with Crippen LogP contribution in [-0.2, 0) is 15.6 Å². The van der Waals surface area contributed by atoms with E-state index in [1.807, 2.05) is 20.8 Å². The van der Waals surface area contributed by atoms with Gasteiger partial charge in [-0.25, -0.2) is 13.4 Å². The SMILES string of the molecule is Cc1ccc(CS(=O)(=O)c2nnc3nc(C)cc(C)n23)c(C)n1. The van der Waals surface area contributed by atoms with Crippen molar-refractivity contribution in [3.8, 4) is 0 Å². The minimum Gasteiger partial charge on any atom is -0.258 e. The second-order valence-corrected chi connectivity index (χ2v) is 7.50. The predicted octanol–water partition coefficient (Wildman–Crippen LogP) is 1.73. The van der Waals surface area contributed by atoms with Gasteiger partial charge in [0.25, 0.3) is 10.9 Å². The minimum atomic E-state index is -3.66. The largest absolute Gasteiger partial charge is 0.258 e. The van der Waals surface area contributed by atoms with Gasteiger partial charge in [-0.15, -0.1) is 10.2 Å². The normalized spacial score (nSPS) is 12.0. The molecule has 23 heavy (non-hydrogen) atoms. The maximum atomic E-state index is 12.8. The number of pyridine rings is 1. The molecule has 0 N–H and O–H groups in total. The smallest absolute Gasteiger partial charge is 0.256 e. The highest BCUT2D eigenvalue weighted by atomic mass is 32.2. The van der Waals surface area contributed by atoms with E-state index in [0.29, 0.717) is 17.0 Å². The van der Waals surface area contributed by atoms with Gasteiger partial charge in [0.05, 0.1) is 5.75 Å². The fourth-order valence-electron chi connectivity index (χ4n) is 2.54. The van der Waals surface area contributed by atoms with Gasteiger partial charge in [0.2, 0.25) is 9.84 Å². The van der Waals surface area contributed by atoms with Crippen LogP contribution in [0.1, 0.15) is 28.3 Å². The van der Waals surface area contributed by atoms with Gasteiger partial charge in [0, 0.05) is 22.8 Å². The lowest BCUT2D eigenvalue weighted by molar-refractivity contribution is 0.583. The van der Waals surface area contributed by atoms with Gasteiger partial charge >= 0.3 is 0 Å². The Balaban J connectivity index is 2.10. The number of hydrogen-bond acceptors (Lipinski definition) is 6. The van der Waals surface area contributed by atoms with E-state index in [1.165, 1.54) is 4.40 Å². The van der Waals surface area contributed by atoms with Crippen LogP contribution in [0.3, 0.4) is 0 Å². The number of rotatable bonds is 3. The van der Waals surface area contributed by atoms with E-state index in [4.69, 9.17) is 0 Å². The summed E-state index contributed by atoms with van der Waals surface area (Å²) >= 11 is 0. The van der Waals surface area contributed by atoms with E-state index in [2.05, 4.69) is 20.2 Å². The zero-order valence-electron chi connectivity index (χ0n) is 13.4. The van der Waals surface area contributed by atoms with E-state index in [-0.39, 0.29) is 10.9 Å². The third kappa shape index (κ3) is 2.81. The molecule has 3 rings (SSSR count). The molecule has 0 aromatic carbocycles. The molecule has 0 unspecified atom stereocenters. The second-order valence-electron chi connectivity index (χ2n) is 5.61. The summed E-state index contributed by atoms with van der Waals surface area (Å²) in [7, 11) is -3.66. The van der Waals surface area contributed by atoms with Crippen molar-refractivity contribution in [3.05, 3.63) is 46.5 Å². The Morgan fingerprint density at radius 2 is 1.74 bits per heavy atom. The number of aryl methyl sites for hydroxylation is 4. The second kappa shape index (κ2) is 5.38. The lowest BCUT2D eigenvalue weighted by atomic mass is 10.2. The summed E-state index contributed by atoms with van der Waals surface area (Å²) in [5.74, 6) is 0.125. The zero-order chi connectivity index (χ0) is 16.8. The molecule has 0 amide bonds. The van der Waals surface area contributed by atoms with E-state index in [9.17, 15) is 8.42 Å². The van der Waals surface area contributed by atoms with Crippen molar-refractivity contribution in [1.82, 2.24) is 24.6 Å². The third-order valence-corrected chi connectivity index (χ3v) is 5.13. The first-order valence-corrected chi connectivity index (χ1v) is 8.78. The van der Waals surface area contributed by atoms with Crippen molar-refractivity contribution in [2.75, 3.05) is 0 Å². The number of aromatic nitrogens is 5. The van der Waals surface area contributed by atoms with Gasteiger partial charge in [0.15, 0.2) is 0 Å². The van der Waals surface area contributed by atoms with E-state index >= 15 is 0 Å². The van der Waals surface area contributed by atoms with Gasteiger partial charge in [-0.3, -0.25) is 9.38 Å². The lowest BCUT2D eigenvalue weighted by Crippen LogP contribution is -2.12. The number of hydrogen-bond donors (Lipinski definition) is 0. The number of sulfone groups is 1. The molecule has 0 saturated heterocycles. The Bertz CT molecular complexity index is 1010. The van der Waals surface area contributed by atoms with Crippen molar-refractivity contribution < 1.29 is 8.42 Å². The van der Waals surface area contributed by atoms with Gasteiger partial charge in [-0.2, -0.15) is 0 Å². The van der Waals surface area contributed by atoms with Crippen LogP contribution < -0.4 is 0 Å². The van der Waals surface area contributed by atoms with Gasteiger partial charge < -0.3 is 0 Å². The first kappa shape index (κ1) is 15.5. The maximum Gasteiger partial charge on any atom is 0.256 e. The number of nitrogens with zero attached hydrogens (tertiary/aromatic N) is 5. The first-order chi connectivity index (χ1) is 10.8. The van der Waals surface area contributed by atoms with Crippen molar-refractivity contribution in [2.24, 2.45) is 0 Å². The maximum absolute atomic E-state index is 12.8. The monoisotopic (exact) mass is 331 g/mol. The van der Waals surface area contributed by atoms with Crippen LogP contribution in [0.2, 0.25) is 0 Å². The predicted molar refractivity (Wildman–Crippen MR) is 84.9 cm³/mol. The first-order valence-electron chi connectivity index (χ1n) is 7.13. The Morgan fingerprint density at radius 3 is 2.43 bits per heavy atom. The molecule has 0 atom stereocenters. The molecule has 0 aliphatic carbocycles. The molecule has 0 aliphatic heterocycles. The van der Waals surface area contributed by atoms with Crippen LogP contribution >= 0.6 is 0 Å². The van der Waals surface area contributed by atoms with E-state index in [0.717, 1.165) is 17.1 Å². The van der Waals surface area contributed by atoms with Crippen LogP contribution in [0.4, 0.5) is 0 Å². The molecule has 3 aromatic rings. The summed E-state index contributed by atoms with van der Waals surface area (Å²) in [6, 6.07) is 5.39. The molecule has 8 heteroatoms. The number of fused-ring (bicyclic) bond motifs is 1. The quantitative estimate of drug-likeness (QED) is 0.726. The van der Waals surface area contributed by atoms with Crippen LogP contribution in [0.25, 0.3) is 5.78 Å². The summed E-state index contributed by atoms with van der Waals surface area (Å²) < 4.78 is 27.0. The molecule has 0 radical (unpaired) electrons. The summed E-state index contributed by atoms with van der Waals surface area (Å²) in [4.78, 5) is 8.53. The van der Waals surface area contributed by atoms with E-state index < -0.39 is 9.84 Å². The highest BCUT2D eigenvalue weighted by molar-refractivity contribution is 7.90. The molecular formula is C15H17N5O2S. The summed E-state index contributed by atoms with van der Waals surface area (Å²) in [6.45, 7) is 7.31. The highest BCUT2D eigenvalue weighted by Gasteiger charge is 2.24. The van der Waals surface area contributed by atoms with Gasteiger partial charge in [-0.05, 0) is 45.4 Å². The lowest BCUT2D eigenvalue weighted by Gasteiger charge is -2.08. The van der Waals surface area contributed by atoms with Crippen molar-refractivity contribution in [1.29, 1.82) is 0 Å². The van der Waals surface area contributed by atoms with Crippen molar-refractivity contribution in [3.63, 3.8) is 0 Å². The van der Waals surface area contributed by atoms with Gasteiger partial charge in [0.1, 0.15) is 0 Å². The van der Waals surface area contributed by atoms with Crippen LogP contribution in [0, 0.1) is 27.7 Å². The molecule has 3 aromatic heterocycles. The summed E-state index contributed by atoms with van der Waals surface area (Å²) in [6.07, 6.45) is 0. The molecule has 0 aliphatic rings. The summed E-state index contributed by atoms with van der Waals surface area (Å²) in [5, 5.41) is 7.66. The van der Waals surface area contributed by atoms with Gasteiger partial charge in [-0.1, -0.05) is 6.07 Å². The molecule has 7 nitrogen and oxygen atoms in total. The average molecular weight is 331 g/mol. The Morgan fingerprint density at radius 1 is 1.00 bits per heavy atom. The Hall–Kier alpha value is -2.35. The van der Waals surface area contributed by atoms with Crippen LogP contribution in [0.5, 0.6) is 0 Å². The molecule has 0 spiro atoms. The highest BCUT2D eigenvalue weighted by Crippen LogP contribution is 2.19. The zero-order valence-corrected chi connectivity index (χ0v) is 14.2. The van der Waals surface area contributed by atoms with Crippen molar-refractivity contribution in [2.45, 2.75) is 38.6 Å². The molecule has 3 heterocycles. The Labute approximate surface area is 134 Å². The molecule has 0 bridgehead atoms.